The summed E-state index contributed by atoms with van der Waals surface area (Å²) in [6.45, 7) is 1.36. The molecule has 3 unspecified atom stereocenters. The molecule has 1 rings (SSSR count). The van der Waals surface area contributed by atoms with Crippen LogP contribution in [0.1, 0.15) is 6.92 Å². The Hall–Kier alpha value is -0.470. The average molecular weight is 280 g/mol. The molecule has 1 fully saturated rings. The molecule has 1 heterocycles. The highest BCUT2D eigenvalue weighted by Gasteiger charge is 2.40. The SMILES string of the molecule is CCS(=O)(=O)Cl.O=C(O)C1CNC(F)C1F. The molecule has 5 nitrogen and oxygen atoms in total. The van der Waals surface area contributed by atoms with Gasteiger partial charge in [0.25, 0.3) is 0 Å². The highest BCUT2D eigenvalue weighted by molar-refractivity contribution is 8.13. The lowest BCUT2D eigenvalue weighted by Crippen LogP contribution is -2.25. The van der Waals surface area contributed by atoms with Gasteiger partial charge in [-0.15, -0.1) is 0 Å². The predicted octanol–water partition coefficient (Wildman–Crippen LogP) is 0.499. The van der Waals surface area contributed by atoms with Gasteiger partial charge >= 0.3 is 5.97 Å². The van der Waals surface area contributed by atoms with Crippen molar-refractivity contribution in [2.45, 2.75) is 19.4 Å². The first-order chi connectivity index (χ1) is 7.19. The van der Waals surface area contributed by atoms with Crippen LogP contribution in [0.2, 0.25) is 0 Å². The smallest absolute Gasteiger partial charge is 0.310 e. The molecule has 0 radical (unpaired) electrons. The molecule has 0 spiro atoms. The maximum absolute atomic E-state index is 12.4. The van der Waals surface area contributed by atoms with Crippen LogP contribution in [0.25, 0.3) is 0 Å². The number of carbonyl (C=O) groups is 1. The Morgan fingerprint density at radius 1 is 1.56 bits per heavy atom. The summed E-state index contributed by atoms with van der Waals surface area (Å²) in [5.41, 5.74) is 0. The molecule has 0 amide bonds. The zero-order valence-corrected chi connectivity index (χ0v) is 9.93. The monoisotopic (exact) mass is 279 g/mol. The maximum atomic E-state index is 12.4. The van der Waals surface area contributed by atoms with Gasteiger partial charge in [0.1, 0.15) is 5.92 Å². The lowest BCUT2D eigenvalue weighted by molar-refractivity contribution is -0.143. The largest absolute Gasteiger partial charge is 0.481 e. The van der Waals surface area contributed by atoms with Crippen molar-refractivity contribution in [3.8, 4) is 0 Å². The fraction of sp³-hybridized carbons (Fsp3) is 0.857. The molecule has 16 heavy (non-hydrogen) atoms. The Balaban J connectivity index is 0.000000325. The fourth-order valence-electron chi connectivity index (χ4n) is 0.892. The van der Waals surface area contributed by atoms with E-state index in [9.17, 15) is 22.0 Å². The standard InChI is InChI=1S/C5H7F2NO2.C2H5ClO2S/c6-3-2(5(9)10)1-8-4(3)7;1-2-6(3,4)5/h2-4,8H,1H2,(H,9,10);2H2,1H3. The molecule has 0 aromatic heterocycles. The maximum Gasteiger partial charge on any atom is 0.310 e. The van der Waals surface area contributed by atoms with Crippen LogP contribution in [0.15, 0.2) is 0 Å². The van der Waals surface area contributed by atoms with Crippen LogP contribution in [0.4, 0.5) is 8.78 Å². The summed E-state index contributed by atoms with van der Waals surface area (Å²) in [5.74, 6) is -2.51. The third kappa shape index (κ3) is 5.57. The van der Waals surface area contributed by atoms with Crippen LogP contribution >= 0.6 is 10.7 Å². The van der Waals surface area contributed by atoms with E-state index < -0.39 is 33.4 Å². The van der Waals surface area contributed by atoms with Crippen molar-refractivity contribution >= 4 is 25.7 Å². The quantitative estimate of drug-likeness (QED) is 0.568. The summed E-state index contributed by atoms with van der Waals surface area (Å²) >= 11 is 0. The van der Waals surface area contributed by atoms with Crippen LogP contribution in [-0.2, 0) is 13.8 Å². The molecular weight excluding hydrogens is 268 g/mol. The lowest BCUT2D eigenvalue weighted by atomic mass is 10.1. The van der Waals surface area contributed by atoms with Gasteiger partial charge in [0.05, 0.1) is 5.75 Å². The minimum atomic E-state index is -3.19. The normalized spacial score (nSPS) is 29.4. The topological polar surface area (TPSA) is 83.5 Å². The Morgan fingerprint density at radius 2 is 2.00 bits per heavy atom. The minimum Gasteiger partial charge on any atom is -0.481 e. The van der Waals surface area contributed by atoms with Gasteiger partial charge in [-0.05, 0) is 0 Å². The minimum absolute atomic E-state index is 0.00849. The zero-order valence-electron chi connectivity index (χ0n) is 8.36. The van der Waals surface area contributed by atoms with Gasteiger partial charge in [0.2, 0.25) is 9.05 Å². The van der Waals surface area contributed by atoms with Crippen molar-refractivity contribution in [1.82, 2.24) is 5.32 Å². The Morgan fingerprint density at radius 3 is 2.12 bits per heavy atom. The molecule has 1 saturated heterocycles. The molecular formula is C7H12ClF2NO4S. The number of carboxylic acid groups (broad SMARTS) is 1. The third-order valence-corrected chi connectivity index (χ3v) is 3.20. The van der Waals surface area contributed by atoms with Crippen molar-refractivity contribution < 1.29 is 27.1 Å². The number of nitrogens with one attached hydrogen (secondary N) is 1. The van der Waals surface area contributed by atoms with E-state index in [1.54, 1.807) is 0 Å². The van der Waals surface area contributed by atoms with E-state index in [4.69, 9.17) is 5.11 Å². The van der Waals surface area contributed by atoms with Crippen molar-refractivity contribution in [2.24, 2.45) is 5.92 Å². The van der Waals surface area contributed by atoms with E-state index in [1.165, 1.54) is 6.92 Å². The Kier molecular flexibility index (Phi) is 6.13. The van der Waals surface area contributed by atoms with E-state index in [-0.39, 0.29) is 12.3 Å². The Labute approximate surface area is 96.2 Å². The molecule has 0 saturated carbocycles. The molecule has 1 aliphatic rings. The van der Waals surface area contributed by atoms with E-state index in [2.05, 4.69) is 16.0 Å². The van der Waals surface area contributed by atoms with Crippen LogP contribution in [0.5, 0.6) is 0 Å². The second-order valence-corrected chi connectivity index (χ2v) is 6.09. The molecule has 0 aromatic carbocycles. The second-order valence-electron chi connectivity index (χ2n) is 3.03. The van der Waals surface area contributed by atoms with Gasteiger partial charge in [0.15, 0.2) is 12.5 Å². The van der Waals surface area contributed by atoms with Gasteiger partial charge in [0, 0.05) is 17.2 Å². The van der Waals surface area contributed by atoms with E-state index in [0.717, 1.165) is 0 Å². The summed E-state index contributed by atoms with van der Waals surface area (Å²) in [5, 5.41) is 10.3. The van der Waals surface area contributed by atoms with Crippen LogP contribution in [0, 0.1) is 5.92 Å². The zero-order chi connectivity index (χ0) is 12.9. The van der Waals surface area contributed by atoms with E-state index >= 15 is 0 Å². The number of aliphatic carboxylic acids is 1. The van der Waals surface area contributed by atoms with E-state index in [1.807, 2.05) is 0 Å². The Bertz CT molecular complexity index is 337. The molecule has 9 heteroatoms. The average Bonchev–Trinajstić information content (AvgIpc) is 2.47. The van der Waals surface area contributed by atoms with Crippen LogP contribution < -0.4 is 5.32 Å². The number of alkyl halides is 2. The van der Waals surface area contributed by atoms with Crippen LogP contribution in [-0.4, -0.2) is 44.3 Å². The summed E-state index contributed by atoms with van der Waals surface area (Å²) in [6, 6.07) is 0. The van der Waals surface area contributed by atoms with Crippen molar-refractivity contribution in [3.63, 3.8) is 0 Å². The number of halogens is 3. The fourth-order valence-corrected chi connectivity index (χ4v) is 0.892. The molecule has 0 aromatic rings. The molecule has 2 N–H and O–H groups in total. The van der Waals surface area contributed by atoms with E-state index in [0.29, 0.717) is 0 Å². The number of rotatable bonds is 2. The van der Waals surface area contributed by atoms with Gasteiger partial charge in [-0.2, -0.15) is 0 Å². The van der Waals surface area contributed by atoms with Crippen molar-refractivity contribution in [3.05, 3.63) is 0 Å². The van der Waals surface area contributed by atoms with Crippen molar-refractivity contribution in [2.75, 3.05) is 12.3 Å². The molecule has 96 valence electrons. The number of hydrogen-bond donors (Lipinski definition) is 2. The highest BCUT2D eigenvalue weighted by atomic mass is 35.7. The summed E-state index contributed by atoms with van der Waals surface area (Å²) < 4.78 is 44.1. The molecule has 0 aliphatic carbocycles. The lowest BCUT2D eigenvalue weighted by Gasteiger charge is -2.04. The summed E-state index contributed by atoms with van der Waals surface area (Å²) in [6.07, 6.45) is -3.72. The number of carboxylic acids is 1. The number of hydrogen-bond acceptors (Lipinski definition) is 4. The first-order valence-electron chi connectivity index (χ1n) is 4.35. The van der Waals surface area contributed by atoms with Gasteiger partial charge in [-0.1, -0.05) is 6.92 Å². The summed E-state index contributed by atoms with van der Waals surface area (Å²) in [4.78, 5) is 10.1. The molecule has 3 atom stereocenters. The van der Waals surface area contributed by atoms with Crippen LogP contribution in [0.3, 0.4) is 0 Å². The predicted molar refractivity (Wildman–Crippen MR) is 54.2 cm³/mol. The van der Waals surface area contributed by atoms with Crippen molar-refractivity contribution in [1.29, 1.82) is 0 Å². The first kappa shape index (κ1) is 15.5. The van der Waals surface area contributed by atoms with Gasteiger partial charge in [-0.25, -0.2) is 17.2 Å². The second kappa shape index (κ2) is 6.31. The highest BCUT2D eigenvalue weighted by Crippen LogP contribution is 2.19. The molecule has 0 bridgehead atoms. The third-order valence-electron chi connectivity index (χ3n) is 1.86. The molecule has 1 aliphatic heterocycles. The van der Waals surface area contributed by atoms with Gasteiger partial charge in [-0.3, -0.25) is 10.1 Å². The summed E-state index contributed by atoms with van der Waals surface area (Å²) in [7, 11) is 1.50. The first-order valence-corrected chi connectivity index (χ1v) is 6.83. The van der Waals surface area contributed by atoms with Gasteiger partial charge < -0.3 is 5.11 Å².